The van der Waals surface area contributed by atoms with Gasteiger partial charge in [0.2, 0.25) is 5.91 Å². The molecule has 1 amide bonds. The fourth-order valence-electron chi connectivity index (χ4n) is 3.50. The summed E-state index contributed by atoms with van der Waals surface area (Å²) in [6.07, 6.45) is 6.56. The van der Waals surface area contributed by atoms with Crippen LogP contribution in [0.3, 0.4) is 0 Å². The Balaban J connectivity index is 1.41. The van der Waals surface area contributed by atoms with Crippen molar-refractivity contribution < 1.29 is 13.9 Å². The van der Waals surface area contributed by atoms with Gasteiger partial charge in [-0.2, -0.15) is 0 Å². The molecule has 0 spiro atoms. The van der Waals surface area contributed by atoms with E-state index in [1.807, 2.05) is 4.90 Å². The minimum atomic E-state index is -0.244. The second kappa shape index (κ2) is 7.12. The van der Waals surface area contributed by atoms with Crippen molar-refractivity contribution in [3.05, 3.63) is 30.1 Å². The van der Waals surface area contributed by atoms with Crippen LogP contribution in [0.4, 0.5) is 4.39 Å². The lowest BCUT2D eigenvalue weighted by Gasteiger charge is -2.33. The van der Waals surface area contributed by atoms with Crippen LogP contribution in [0.15, 0.2) is 24.3 Å². The van der Waals surface area contributed by atoms with Crippen molar-refractivity contribution >= 4 is 5.91 Å². The summed E-state index contributed by atoms with van der Waals surface area (Å²) in [6, 6.07) is 6.15. The average Bonchev–Trinajstić information content (AvgIpc) is 3.09. The van der Waals surface area contributed by atoms with Gasteiger partial charge >= 0.3 is 0 Å². The molecule has 2 fully saturated rings. The Bertz CT molecular complexity index is 488. The maximum absolute atomic E-state index is 12.8. The Hall–Kier alpha value is -1.58. The van der Waals surface area contributed by atoms with Crippen molar-refractivity contribution in [2.24, 2.45) is 11.8 Å². The van der Waals surface area contributed by atoms with Crippen LogP contribution in [0.25, 0.3) is 0 Å². The van der Waals surface area contributed by atoms with Gasteiger partial charge in [-0.25, -0.2) is 4.39 Å². The summed E-state index contributed by atoms with van der Waals surface area (Å²) < 4.78 is 18.6. The number of rotatable bonds is 4. The van der Waals surface area contributed by atoms with Crippen molar-refractivity contribution in [2.45, 2.75) is 38.5 Å². The zero-order valence-electron chi connectivity index (χ0n) is 13.0. The third-order valence-corrected chi connectivity index (χ3v) is 4.93. The molecule has 1 aromatic carbocycles. The molecule has 0 unspecified atom stereocenters. The zero-order chi connectivity index (χ0) is 15.4. The van der Waals surface area contributed by atoms with Crippen LogP contribution < -0.4 is 4.74 Å². The van der Waals surface area contributed by atoms with Crippen LogP contribution in [-0.2, 0) is 4.79 Å². The number of ether oxygens (including phenoxy) is 1. The van der Waals surface area contributed by atoms with Crippen molar-refractivity contribution in [1.29, 1.82) is 0 Å². The standard InChI is InChI=1S/C18H24FNO2/c19-16-5-7-17(8-6-16)22-13-14-9-11-20(12-10-14)18(21)15-3-1-2-4-15/h5-8,14-15H,1-4,9-13H2. The first-order valence-corrected chi connectivity index (χ1v) is 8.39. The Morgan fingerprint density at radius 2 is 1.73 bits per heavy atom. The van der Waals surface area contributed by atoms with Gasteiger partial charge in [-0.15, -0.1) is 0 Å². The summed E-state index contributed by atoms with van der Waals surface area (Å²) in [5, 5.41) is 0. The van der Waals surface area contributed by atoms with Crippen molar-refractivity contribution in [2.75, 3.05) is 19.7 Å². The third-order valence-electron chi connectivity index (χ3n) is 4.93. The zero-order valence-corrected chi connectivity index (χ0v) is 13.0. The smallest absolute Gasteiger partial charge is 0.225 e. The van der Waals surface area contributed by atoms with E-state index >= 15 is 0 Å². The van der Waals surface area contributed by atoms with Gasteiger partial charge in [0.1, 0.15) is 11.6 Å². The van der Waals surface area contributed by atoms with Gasteiger partial charge in [-0.3, -0.25) is 4.79 Å². The van der Waals surface area contributed by atoms with Crippen LogP contribution in [0.1, 0.15) is 38.5 Å². The number of carbonyl (C=O) groups excluding carboxylic acids is 1. The highest BCUT2D eigenvalue weighted by Gasteiger charge is 2.30. The number of nitrogens with zero attached hydrogens (tertiary/aromatic N) is 1. The molecular weight excluding hydrogens is 281 g/mol. The Morgan fingerprint density at radius 1 is 1.09 bits per heavy atom. The Kier molecular flexibility index (Phi) is 4.96. The molecule has 1 saturated carbocycles. The lowest BCUT2D eigenvalue weighted by atomic mass is 9.96. The summed E-state index contributed by atoms with van der Waals surface area (Å²) in [6.45, 7) is 2.36. The van der Waals surface area contributed by atoms with Crippen LogP contribution >= 0.6 is 0 Å². The van der Waals surface area contributed by atoms with E-state index in [1.165, 1.54) is 25.0 Å². The topological polar surface area (TPSA) is 29.5 Å². The molecular formula is C18H24FNO2. The predicted octanol–water partition coefficient (Wildman–Crippen LogP) is 3.63. The SMILES string of the molecule is O=C(C1CCCC1)N1CCC(COc2ccc(F)cc2)CC1. The number of hydrogen-bond donors (Lipinski definition) is 0. The number of benzene rings is 1. The maximum Gasteiger partial charge on any atom is 0.225 e. The molecule has 0 radical (unpaired) electrons. The second-order valence-corrected chi connectivity index (χ2v) is 6.51. The molecule has 0 bridgehead atoms. The molecule has 1 heterocycles. The summed E-state index contributed by atoms with van der Waals surface area (Å²) in [7, 11) is 0. The highest BCUT2D eigenvalue weighted by molar-refractivity contribution is 5.79. The van der Waals surface area contributed by atoms with Crippen molar-refractivity contribution in [1.82, 2.24) is 4.90 Å². The normalized spacial score (nSPS) is 20.3. The first kappa shape index (κ1) is 15.3. The number of piperidine rings is 1. The molecule has 120 valence electrons. The van der Waals surface area contributed by atoms with Crippen LogP contribution in [0.5, 0.6) is 5.75 Å². The Morgan fingerprint density at radius 3 is 2.36 bits per heavy atom. The van der Waals surface area contributed by atoms with E-state index in [4.69, 9.17) is 4.74 Å². The molecule has 1 aromatic rings. The maximum atomic E-state index is 12.8. The van der Waals surface area contributed by atoms with Crippen LogP contribution in [-0.4, -0.2) is 30.5 Å². The number of likely N-dealkylation sites (tertiary alicyclic amines) is 1. The minimum Gasteiger partial charge on any atom is -0.493 e. The van der Waals surface area contributed by atoms with Gasteiger partial charge in [0, 0.05) is 19.0 Å². The second-order valence-electron chi connectivity index (χ2n) is 6.51. The number of halogens is 1. The molecule has 3 rings (SSSR count). The monoisotopic (exact) mass is 305 g/mol. The fourth-order valence-corrected chi connectivity index (χ4v) is 3.50. The van der Waals surface area contributed by atoms with Gasteiger partial charge in [0.15, 0.2) is 0 Å². The van der Waals surface area contributed by atoms with Crippen molar-refractivity contribution in [3.8, 4) is 5.75 Å². The molecule has 0 aromatic heterocycles. The largest absolute Gasteiger partial charge is 0.493 e. The van der Waals surface area contributed by atoms with E-state index in [1.54, 1.807) is 12.1 Å². The van der Waals surface area contributed by atoms with Gasteiger partial charge in [0.25, 0.3) is 0 Å². The van der Waals surface area contributed by atoms with E-state index < -0.39 is 0 Å². The molecule has 0 N–H and O–H groups in total. The molecule has 1 aliphatic heterocycles. The molecule has 2 aliphatic rings. The van der Waals surface area contributed by atoms with Gasteiger partial charge < -0.3 is 9.64 Å². The van der Waals surface area contributed by atoms with E-state index in [0.717, 1.165) is 38.8 Å². The minimum absolute atomic E-state index is 0.244. The summed E-state index contributed by atoms with van der Waals surface area (Å²) in [5.74, 6) is 1.61. The highest BCUT2D eigenvalue weighted by Crippen LogP contribution is 2.28. The van der Waals surface area contributed by atoms with E-state index in [-0.39, 0.29) is 11.7 Å². The molecule has 4 heteroatoms. The molecule has 3 nitrogen and oxygen atoms in total. The van der Waals surface area contributed by atoms with E-state index in [0.29, 0.717) is 24.2 Å². The average molecular weight is 305 g/mol. The molecule has 0 atom stereocenters. The summed E-state index contributed by atoms with van der Waals surface area (Å²) in [4.78, 5) is 14.4. The first-order valence-electron chi connectivity index (χ1n) is 8.39. The van der Waals surface area contributed by atoms with Gasteiger partial charge in [-0.1, -0.05) is 12.8 Å². The van der Waals surface area contributed by atoms with Crippen LogP contribution in [0, 0.1) is 17.7 Å². The van der Waals surface area contributed by atoms with Gasteiger partial charge in [0.05, 0.1) is 6.61 Å². The molecule has 1 aliphatic carbocycles. The van der Waals surface area contributed by atoms with Gasteiger partial charge in [-0.05, 0) is 55.9 Å². The number of carbonyl (C=O) groups is 1. The molecule has 22 heavy (non-hydrogen) atoms. The lowest BCUT2D eigenvalue weighted by molar-refractivity contribution is -0.136. The van der Waals surface area contributed by atoms with E-state index in [9.17, 15) is 9.18 Å². The lowest BCUT2D eigenvalue weighted by Crippen LogP contribution is -2.42. The number of hydrogen-bond acceptors (Lipinski definition) is 2. The highest BCUT2D eigenvalue weighted by atomic mass is 19.1. The first-order chi connectivity index (χ1) is 10.7. The fraction of sp³-hybridized carbons (Fsp3) is 0.611. The summed E-state index contributed by atoms with van der Waals surface area (Å²) >= 11 is 0. The van der Waals surface area contributed by atoms with Crippen LogP contribution in [0.2, 0.25) is 0 Å². The Labute approximate surface area is 131 Å². The van der Waals surface area contributed by atoms with E-state index in [2.05, 4.69) is 0 Å². The number of amides is 1. The molecule has 1 saturated heterocycles. The third kappa shape index (κ3) is 3.79. The van der Waals surface area contributed by atoms with Crippen molar-refractivity contribution in [3.63, 3.8) is 0 Å². The summed E-state index contributed by atoms with van der Waals surface area (Å²) in [5.41, 5.74) is 0. The quantitative estimate of drug-likeness (QED) is 0.850. The predicted molar refractivity (Wildman–Crippen MR) is 83.2 cm³/mol.